The average Bonchev–Trinajstić information content (AvgIpc) is 2.46. The predicted octanol–water partition coefficient (Wildman–Crippen LogP) is 3.05. The van der Waals surface area contributed by atoms with Gasteiger partial charge in [-0.2, -0.15) is 0 Å². The predicted molar refractivity (Wildman–Crippen MR) is 86.6 cm³/mol. The zero-order valence-electron chi connectivity index (χ0n) is 12.2. The second-order valence-corrected chi connectivity index (χ2v) is 7.04. The summed E-state index contributed by atoms with van der Waals surface area (Å²) in [6, 6.07) is 17.6. The highest BCUT2D eigenvalue weighted by Gasteiger charge is 2.10. The fraction of sp³-hybridized carbons (Fsp3) is 0.294. The van der Waals surface area contributed by atoms with Crippen molar-refractivity contribution in [3.63, 3.8) is 0 Å². The molecule has 0 bridgehead atoms. The van der Waals surface area contributed by atoms with Crippen LogP contribution in [0.2, 0.25) is 0 Å². The van der Waals surface area contributed by atoms with Gasteiger partial charge in [-0.3, -0.25) is 0 Å². The van der Waals surface area contributed by atoms with Crippen molar-refractivity contribution in [2.75, 3.05) is 6.54 Å². The molecule has 0 saturated heterocycles. The van der Waals surface area contributed by atoms with Gasteiger partial charge in [0.2, 0.25) is 10.0 Å². The Kier molecular flexibility index (Phi) is 5.53. The Bertz CT molecular complexity index is 649. The minimum atomic E-state index is -3.25. The van der Waals surface area contributed by atoms with Gasteiger partial charge in [-0.1, -0.05) is 60.2 Å². The van der Waals surface area contributed by atoms with Gasteiger partial charge in [0.25, 0.3) is 0 Å². The molecule has 0 atom stereocenters. The zero-order chi connectivity index (χ0) is 15.1. The third kappa shape index (κ3) is 5.69. The average molecular weight is 303 g/mol. The van der Waals surface area contributed by atoms with Crippen molar-refractivity contribution >= 4 is 10.0 Å². The van der Waals surface area contributed by atoms with Crippen LogP contribution in [-0.2, 0) is 22.2 Å². The maximum Gasteiger partial charge on any atom is 0.215 e. The van der Waals surface area contributed by atoms with E-state index in [0.717, 1.165) is 18.4 Å². The zero-order valence-corrected chi connectivity index (χ0v) is 13.1. The van der Waals surface area contributed by atoms with Crippen molar-refractivity contribution < 1.29 is 8.42 Å². The van der Waals surface area contributed by atoms with Crippen LogP contribution < -0.4 is 4.72 Å². The third-order valence-corrected chi connectivity index (χ3v) is 4.64. The highest BCUT2D eigenvalue weighted by Crippen LogP contribution is 2.07. The normalized spacial score (nSPS) is 11.5. The summed E-state index contributed by atoms with van der Waals surface area (Å²) >= 11 is 0. The van der Waals surface area contributed by atoms with Crippen molar-refractivity contribution in [3.05, 3.63) is 71.3 Å². The molecule has 0 radical (unpaired) electrons. The summed E-state index contributed by atoms with van der Waals surface area (Å²) in [4.78, 5) is 0. The Morgan fingerprint density at radius 2 is 1.57 bits per heavy atom. The van der Waals surface area contributed by atoms with Crippen molar-refractivity contribution in [1.82, 2.24) is 4.72 Å². The Balaban J connectivity index is 1.76. The van der Waals surface area contributed by atoms with Crippen LogP contribution in [0.25, 0.3) is 0 Å². The van der Waals surface area contributed by atoms with Gasteiger partial charge >= 0.3 is 0 Å². The van der Waals surface area contributed by atoms with E-state index in [1.165, 1.54) is 11.1 Å². The van der Waals surface area contributed by atoms with Crippen LogP contribution in [-0.4, -0.2) is 15.0 Å². The Hall–Kier alpha value is -1.65. The van der Waals surface area contributed by atoms with Crippen molar-refractivity contribution in [2.24, 2.45) is 0 Å². The fourth-order valence-electron chi connectivity index (χ4n) is 2.12. The molecule has 0 aliphatic heterocycles. The molecule has 0 saturated carbocycles. The standard InChI is InChI=1S/C17H21NO2S/c1-15-9-11-16(12-10-15)8-5-13-18-21(19,20)14-17-6-3-2-4-7-17/h2-4,6-7,9-12,18H,5,8,13-14H2,1H3. The van der Waals surface area contributed by atoms with Gasteiger partial charge in [0.05, 0.1) is 5.75 Å². The molecule has 3 nitrogen and oxygen atoms in total. The molecule has 0 aliphatic carbocycles. The van der Waals surface area contributed by atoms with Crippen molar-refractivity contribution in [2.45, 2.75) is 25.5 Å². The number of aryl methyl sites for hydroxylation is 2. The number of sulfonamides is 1. The van der Waals surface area contributed by atoms with Gasteiger partial charge < -0.3 is 0 Å². The molecule has 0 fully saturated rings. The molecule has 0 aliphatic rings. The Labute approximate surface area is 127 Å². The van der Waals surface area contributed by atoms with E-state index in [2.05, 4.69) is 35.9 Å². The van der Waals surface area contributed by atoms with Crippen LogP contribution in [0.15, 0.2) is 54.6 Å². The van der Waals surface area contributed by atoms with Gasteiger partial charge in [0, 0.05) is 6.54 Å². The molecule has 1 N–H and O–H groups in total. The number of nitrogens with one attached hydrogen (secondary N) is 1. The molecule has 0 aromatic heterocycles. The second-order valence-electron chi connectivity index (χ2n) is 5.23. The van der Waals surface area contributed by atoms with Gasteiger partial charge in [-0.05, 0) is 30.9 Å². The van der Waals surface area contributed by atoms with Crippen LogP contribution in [0.5, 0.6) is 0 Å². The first-order valence-corrected chi connectivity index (χ1v) is 8.77. The lowest BCUT2D eigenvalue weighted by Gasteiger charge is -2.07. The smallest absolute Gasteiger partial charge is 0.215 e. The molecule has 21 heavy (non-hydrogen) atoms. The monoisotopic (exact) mass is 303 g/mol. The van der Waals surface area contributed by atoms with Crippen LogP contribution in [0.3, 0.4) is 0 Å². The highest BCUT2D eigenvalue weighted by atomic mass is 32.2. The largest absolute Gasteiger partial charge is 0.215 e. The molecule has 0 heterocycles. The van der Waals surface area contributed by atoms with Crippen LogP contribution in [0.4, 0.5) is 0 Å². The van der Waals surface area contributed by atoms with E-state index in [1.807, 2.05) is 30.3 Å². The minimum Gasteiger partial charge on any atom is -0.215 e. The van der Waals surface area contributed by atoms with E-state index < -0.39 is 10.0 Å². The summed E-state index contributed by atoms with van der Waals surface area (Å²) in [5.74, 6) is 0.0401. The summed E-state index contributed by atoms with van der Waals surface area (Å²) in [6.45, 7) is 2.53. The lowest BCUT2D eigenvalue weighted by atomic mass is 10.1. The van der Waals surface area contributed by atoms with Gasteiger partial charge in [0.1, 0.15) is 0 Å². The van der Waals surface area contributed by atoms with Crippen LogP contribution >= 0.6 is 0 Å². The molecule has 4 heteroatoms. The number of rotatable bonds is 7. The summed E-state index contributed by atoms with van der Waals surface area (Å²) in [5, 5.41) is 0. The first-order chi connectivity index (χ1) is 10.1. The van der Waals surface area contributed by atoms with Gasteiger partial charge in [-0.15, -0.1) is 0 Å². The molecule has 2 rings (SSSR count). The lowest BCUT2D eigenvalue weighted by molar-refractivity contribution is 0.578. The van der Waals surface area contributed by atoms with Crippen molar-refractivity contribution in [1.29, 1.82) is 0 Å². The molecule has 0 amide bonds. The summed E-state index contributed by atoms with van der Waals surface area (Å²) < 4.78 is 26.6. The maximum atomic E-state index is 11.9. The van der Waals surface area contributed by atoms with E-state index in [-0.39, 0.29) is 5.75 Å². The molecular weight excluding hydrogens is 282 g/mol. The summed E-state index contributed by atoms with van der Waals surface area (Å²) in [7, 11) is -3.25. The Morgan fingerprint density at radius 3 is 2.24 bits per heavy atom. The Morgan fingerprint density at radius 1 is 0.905 bits per heavy atom. The first-order valence-electron chi connectivity index (χ1n) is 7.12. The van der Waals surface area contributed by atoms with E-state index >= 15 is 0 Å². The van der Waals surface area contributed by atoms with E-state index in [4.69, 9.17) is 0 Å². The lowest BCUT2D eigenvalue weighted by Crippen LogP contribution is -2.26. The number of benzene rings is 2. The molecule has 0 spiro atoms. The molecule has 0 unspecified atom stereocenters. The van der Waals surface area contributed by atoms with E-state index in [9.17, 15) is 8.42 Å². The van der Waals surface area contributed by atoms with Gasteiger partial charge in [-0.25, -0.2) is 13.1 Å². The SMILES string of the molecule is Cc1ccc(CCCNS(=O)(=O)Cc2ccccc2)cc1. The highest BCUT2D eigenvalue weighted by molar-refractivity contribution is 7.88. The third-order valence-electron chi connectivity index (χ3n) is 3.28. The summed E-state index contributed by atoms with van der Waals surface area (Å²) in [6.07, 6.45) is 1.69. The second kappa shape index (κ2) is 7.38. The molecule has 112 valence electrons. The maximum absolute atomic E-state index is 11.9. The topological polar surface area (TPSA) is 46.2 Å². The van der Waals surface area contributed by atoms with E-state index in [0.29, 0.717) is 6.54 Å². The summed E-state index contributed by atoms with van der Waals surface area (Å²) in [5.41, 5.74) is 3.29. The quantitative estimate of drug-likeness (QED) is 0.799. The number of hydrogen-bond donors (Lipinski definition) is 1. The van der Waals surface area contributed by atoms with Crippen LogP contribution in [0.1, 0.15) is 23.1 Å². The first kappa shape index (κ1) is 15.7. The fourth-order valence-corrected chi connectivity index (χ4v) is 3.31. The molecular formula is C17H21NO2S. The number of hydrogen-bond acceptors (Lipinski definition) is 2. The molecule has 2 aromatic carbocycles. The van der Waals surface area contributed by atoms with Crippen molar-refractivity contribution in [3.8, 4) is 0 Å². The minimum absolute atomic E-state index is 0.0401. The van der Waals surface area contributed by atoms with Gasteiger partial charge in [0.15, 0.2) is 0 Å². The molecule has 2 aromatic rings. The van der Waals surface area contributed by atoms with E-state index in [1.54, 1.807) is 0 Å². The van der Waals surface area contributed by atoms with Crippen LogP contribution in [0, 0.1) is 6.92 Å².